The maximum Gasteiger partial charge on any atom is 0.407 e. The zero-order valence-corrected chi connectivity index (χ0v) is 18.5. The van der Waals surface area contributed by atoms with E-state index >= 15 is 0 Å². The van der Waals surface area contributed by atoms with E-state index in [1.54, 1.807) is 0 Å². The molecule has 178 valence electrons. The van der Waals surface area contributed by atoms with Gasteiger partial charge in [-0.15, -0.1) is 0 Å². The van der Waals surface area contributed by atoms with Crippen molar-refractivity contribution in [2.24, 2.45) is 17.3 Å². The number of carbonyl (C=O) groups excluding carboxylic acids is 2. The van der Waals surface area contributed by atoms with E-state index in [-0.39, 0.29) is 25.6 Å². The van der Waals surface area contributed by atoms with Crippen molar-refractivity contribution >= 4 is 18.0 Å². The molecule has 0 spiro atoms. The molecule has 1 heterocycles. The minimum Gasteiger partial charge on any atom is -0.481 e. The minimum absolute atomic E-state index is 0.0603. The Morgan fingerprint density at radius 1 is 1.06 bits per heavy atom. The fraction of sp³-hybridized carbons (Fsp3) is 0.400. The van der Waals surface area contributed by atoms with Gasteiger partial charge in [-0.1, -0.05) is 48.5 Å². The topological polar surface area (TPSA) is 95.9 Å². The number of amides is 2. The number of carbonyl (C=O) groups is 3. The lowest BCUT2D eigenvalue weighted by atomic mass is 9.82. The van der Waals surface area contributed by atoms with Crippen molar-refractivity contribution in [3.05, 3.63) is 59.7 Å². The molecule has 2 amide bonds. The zero-order chi connectivity index (χ0) is 24.3. The van der Waals surface area contributed by atoms with Crippen LogP contribution in [0, 0.1) is 17.3 Å². The van der Waals surface area contributed by atoms with Crippen molar-refractivity contribution in [2.45, 2.75) is 18.8 Å². The Morgan fingerprint density at radius 3 is 2.18 bits per heavy atom. The van der Waals surface area contributed by atoms with Gasteiger partial charge in [0.05, 0.1) is 11.3 Å². The number of nitrogens with zero attached hydrogens (tertiary/aromatic N) is 1. The van der Waals surface area contributed by atoms with Gasteiger partial charge in [0.1, 0.15) is 12.5 Å². The summed E-state index contributed by atoms with van der Waals surface area (Å²) in [5.41, 5.74) is 3.14. The van der Waals surface area contributed by atoms with Gasteiger partial charge in [0.25, 0.3) is 5.92 Å². The van der Waals surface area contributed by atoms with Crippen molar-refractivity contribution in [3.63, 3.8) is 0 Å². The molecule has 2 atom stereocenters. The van der Waals surface area contributed by atoms with Crippen molar-refractivity contribution in [3.8, 4) is 11.1 Å². The van der Waals surface area contributed by atoms with E-state index in [0.717, 1.165) is 27.2 Å². The Hall–Kier alpha value is -3.49. The molecule has 2 unspecified atom stereocenters. The van der Waals surface area contributed by atoms with E-state index in [0.29, 0.717) is 0 Å². The second-order valence-electron chi connectivity index (χ2n) is 9.53. The first-order valence-corrected chi connectivity index (χ1v) is 11.1. The third kappa shape index (κ3) is 3.50. The summed E-state index contributed by atoms with van der Waals surface area (Å²) in [4.78, 5) is 37.0. The Balaban J connectivity index is 1.15. The number of ether oxygens (including phenoxy) is 1. The van der Waals surface area contributed by atoms with E-state index in [4.69, 9.17) is 9.84 Å². The summed E-state index contributed by atoms with van der Waals surface area (Å²) in [7, 11) is 0. The molecule has 34 heavy (non-hydrogen) atoms. The Morgan fingerprint density at radius 2 is 1.62 bits per heavy atom. The molecule has 0 bridgehead atoms. The fourth-order valence-corrected chi connectivity index (χ4v) is 5.11. The highest BCUT2D eigenvalue weighted by Gasteiger charge is 2.73. The highest BCUT2D eigenvalue weighted by Crippen LogP contribution is 2.56. The summed E-state index contributed by atoms with van der Waals surface area (Å²) in [5, 5.41) is 11.5. The number of carboxylic acids is 1. The average Bonchev–Trinajstić information content (AvgIpc) is 3.19. The molecule has 7 nitrogen and oxygen atoms in total. The molecular weight excluding hydrogens is 446 g/mol. The third-order valence-corrected chi connectivity index (χ3v) is 7.19. The zero-order valence-electron chi connectivity index (χ0n) is 18.5. The van der Waals surface area contributed by atoms with Crippen LogP contribution in [0.1, 0.15) is 24.0 Å². The van der Waals surface area contributed by atoms with Crippen molar-refractivity contribution in [1.82, 2.24) is 10.2 Å². The Kier molecular flexibility index (Phi) is 5.11. The van der Waals surface area contributed by atoms with Crippen molar-refractivity contribution in [2.75, 3.05) is 26.2 Å². The van der Waals surface area contributed by atoms with Crippen LogP contribution in [0.2, 0.25) is 0 Å². The molecule has 2 aromatic carbocycles. The number of alkyl carbamates (subject to hydrolysis) is 1. The molecule has 3 aliphatic rings. The monoisotopic (exact) mass is 470 g/mol. The van der Waals surface area contributed by atoms with Crippen molar-refractivity contribution in [1.29, 1.82) is 0 Å². The average molecular weight is 470 g/mol. The Labute approximate surface area is 194 Å². The molecule has 1 saturated heterocycles. The van der Waals surface area contributed by atoms with E-state index in [9.17, 15) is 23.2 Å². The molecule has 2 aromatic rings. The summed E-state index contributed by atoms with van der Waals surface area (Å²) >= 11 is 0. The van der Waals surface area contributed by atoms with Gasteiger partial charge in [0.15, 0.2) is 0 Å². The molecule has 2 fully saturated rings. The van der Waals surface area contributed by atoms with Crippen LogP contribution >= 0.6 is 0 Å². The number of fused-ring (bicyclic) bond motifs is 3. The quantitative estimate of drug-likeness (QED) is 0.675. The highest BCUT2D eigenvalue weighted by atomic mass is 19.3. The predicted molar refractivity (Wildman–Crippen MR) is 117 cm³/mol. The first-order valence-electron chi connectivity index (χ1n) is 11.1. The number of likely N-dealkylation sites (tertiary alicyclic amines) is 1. The number of rotatable bonds is 6. The number of nitrogens with one attached hydrogen (secondary N) is 1. The predicted octanol–water partition coefficient (Wildman–Crippen LogP) is 3.34. The number of hydrogen-bond donors (Lipinski definition) is 2. The van der Waals surface area contributed by atoms with Crippen LogP contribution in [0.4, 0.5) is 13.6 Å². The van der Waals surface area contributed by atoms with Gasteiger partial charge < -0.3 is 20.1 Å². The summed E-state index contributed by atoms with van der Waals surface area (Å²) in [6.45, 7) is 0.940. The molecule has 5 rings (SSSR count). The summed E-state index contributed by atoms with van der Waals surface area (Å²) in [6, 6.07) is 15.7. The lowest BCUT2D eigenvalue weighted by Gasteiger charge is -2.45. The van der Waals surface area contributed by atoms with E-state index in [2.05, 4.69) is 5.32 Å². The third-order valence-electron chi connectivity index (χ3n) is 7.19. The van der Waals surface area contributed by atoms with Gasteiger partial charge in [-0.2, -0.15) is 0 Å². The van der Waals surface area contributed by atoms with Gasteiger partial charge in [0, 0.05) is 25.6 Å². The van der Waals surface area contributed by atoms with Crippen LogP contribution < -0.4 is 5.32 Å². The maximum absolute atomic E-state index is 14.2. The first kappa shape index (κ1) is 22.3. The second kappa shape index (κ2) is 7.78. The number of benzene rings is 2. The SMILES string of the molecule is CC1(C(=O)O)CN(C(=O)C2C(CNC(=O)OCC3c4ccccc4-c4ccccc43)C2(F)F)C1. The van der Waals surface area contributed by atoms with E-state index < -0.39 is 47.7 Å². The number of hydrogen-bond acceptors (Lipinski definition) is 4. The summed E-state index contributed by atoms with van der Waals surface area (Å²) in [6.07, 6.45) is -0.821. The molecule has 0 aromatic heterocycles. The van der Waals surface area contributed by atoms with Gasteiger partial charge in [-0.3, -0.25) is 9.59 Å². The summed E-state index contributed by atoms with van der Waals surface area (Å²) in [5.74, 6) is -8.12. The van der Waals surface area contributed by atoms with Crippen LogP contribution in [-0.4, -0.2) is 60.1 Å². The molecule has 2 N–H and O–H groups in total. The lowest BCUT2D eigenvalue weighted by molar-refractivity contribution is -0.165. The van der Waals surface area contributed by atoms with Gasteiger partial charge in [-0.25, -0.2) is 13.6 Å². The first-order chi connectivity index (χ1) is 16.1. The molecule has 1 saturated carbocycles. The highest BCUT2D eigenvalue weighted by molar-refractivity contribution is 5.87. The normalized spacial score (nSPS) is 23.3. The van der Waals surface area contributed by atoms with Crippen LogP contribution in [-0.2, 0) is 14.3 Å². The van der Waals surface area contributed by atoms with E-state index in [1.807, 2.05) is 48.5 Å². The molecular formula is C25H24F2N2O5. The van der Waals surface area contributed by atoms with Gasteiger partial charge >= 0.3 is 12.1 Å². The van der Waals surface area contributed by atoms with Crippen LogP contribution in [0.25, 0.3) is 11.1 Å². The number of halogens is 2. The van der Waals surface area contributed by atoms with E-state index in [1.165, 1.54) is 6.92 Å². The number of aliphatic carboxylic acids is 1. The van der Waals surface area contributed by atoms with Gasteiger partial charge in [0.2, 0.25) is 5.91 Å². The number of alkyl halides is 2. The van der Waals surface area contributed by atoms with Crippen LogP contribution in [0.15, 0.2) is 48.5 Å². The van der Waals surface area contributed by atoms with Crippen molar-refractivity contribution < 1.29 is 33.0 Å². The summed E-state index contributed by atoms with van der Waals surface area (Å²) < 4.78 is 33.8. The number of carboxylic acid groups (broad SMARTS) is 1. The van der Waals surface area contributed by atoms with Crippen LogP contribution in [0.5, 0.6) is 0 Å². The smallest absolute Gasteiger partial charge is 0.407 e. The standard InChI is InChI=1S/C25H24F2N2O5/c1-24(22(31)32)12-29(13-24)21(30)20-19(25(20,26)27)10-28-23(33)34-11-18-16-8-4-2-6-14(16)15-7-3-5-9-17(15)18/h2-9,18-20H,10-13H2,1H3,(H,28,33)(H,31,32). The second-order valence-corrected chi connectivity index (χ2v) is 9.53. The Bertz CT molecular complexity index is 1130. The molecule has 1 aliphatic heterocycles. The maximum atomic E-state index is 14.2. The minimum atomic E-state index is -3.25. The van der Waals surface area contributed by atoms with Crippen LogP contribution in [0.3, 0.4) is 0 Å². The molecule has 9 heteroatoms. The molecule has 0 radical (unpaired) electrons. The van der Waals surface area contributed by atoms with Gasteiger partial charge in [-0.05, 0) is 29.2 Å². The fourth-order valence-electron chi connectivity index (χ4n) is 5.11. The molecule has 2 aliphatic carbocycles. The lowest BCUT2D eigenvalue weighted by Crippen LogP contribution is -2.61. The largest absolute Gasteiger partial charge is 0.481 e.